The first-order valence-electron chi connectivity index (χ1n) is 12.6. The number of carbonyl (C=O) groups excluding carboxylic acids is 3. The highest BCUT2D eigenvalue weighted by atomic mass is 16.2. The average molecular weight is 476 g/mol. The average Bonchev–Trinajstić information content (AvgIpc) is 3.05. The Balaban J connectivity index is 1.15. The van der Waals surface area contributed by atoms with Crippen molar-refractivity contribution in [3.63, 3.8) is 0 Å². The normalized spacial score (nSPS) is 21.3. The zero-order valence-electron chi connectivity index (χ0n) is 20.0. The number of fused-ring (bicyclic) bond motifs is 1. The number of likely N-dealkylation sites (tertiary alicyclic amines) is 2. The van der Waals surface area contributed by atoms with Crippen molar-refractivity contribution < 1.29 is 14.4 Å². The molecule has 5 rings (SSSR count). The molecule has 3 aliphatic rings. The molecule has 35 heavy (non-hydrogen) atoms. The van der Waals surface area contributed by atoms with Crippen LogP contribution >= 0.6 is 0 Å². The molecule has 2 aromatic carbocycles. The van der Waals surface area contributed by atoms with Crippen LogP contribution in [0.25, 0.3) is 0 Å². The van der Waals surface area contributed by atoms with E-state index in [1.165, 1.54) is 0 Å². The molecule has 0 unspecified atom stereocenters. The van der Waals surface area contributed by atoms with Crippen molar-refractivity contribution in [2.75, 3.05) is 25.0 Å². The molecule has 3 aliphatic heterocycles. The van der Waals surface area contributed by atoms with E-state index >= 15 is 0 Å². The lowest BCUT2D eigenvalue weighted by Crippen LogP contribution is -2.55. The predicted molar refractivity (Wildman–Crippen MR) is 134 cm³/mol. The van der Waals surface area contributed by atoms with Gasteiger partial charge in [-0.2, -0.15) is 0 Å². The van der Waals surface area contributed by atoms with Gasteiger partial charge in [-0.05, 0) is 49.3 Å². The summed E-state index contributed by atoms with van der Waals surface area (Å²) in [5.41, 5.74) is 3.08. The molecular formula is C27H33N5O3. The van der Waals surface area contributed by atoms with Gasteiger partial charge < -0.3 is 25.3 Å². The Hall–Kier alpha value is -3.55. The molecule has 184 valence electrons. The number of rotatable bonds is 4. The van der Waals surface area contributed by atoms with Crippen molar-refractivity contribution in [2.45, 2.75) is 57.3 Å². The molecule has 2 fully saturated rings. The first-order valence-corrected chi connectivity index (χ1v) is 12.6. The second-order valence-electron chi connectivity index (χ2n) is 9.68. The van der Waals surface area contributed by atoms with E-state index < -0.39 is 6.04 Å². The summed E-state index contributed by atoms with van der Waals surface area (Å²) in [6, 6.07) is 17.2. The van der Waals surface area contributed by atoms with Gasteiger partial charge in [0.1, 0.15) is 6.04 Å². The molecule has 0 bridgehead atoms. The standard InChI is InChI=1S/C27H33N5O3/c33-25-24(12-6-7-15-31(25)18-20-8-2-1-3-9-20)29-26(34)30-16-13-22(14-17-30)32-19-21-10-4-5-11-23(21)28-27(32)35/h1-5,8-11,22,24H,6-7,12-19H2,(H,28,35)(H,29,34)/t24-/m1/s1. The van der Waals surface area contributed by atoms with E-state index in [9.17, 15) is 14.4 Å². The van der Waals surface area contributed by atoms with Crippen LogP contribution in [0.4, 0.5) is 15.3 Å². The molecule has 3 heterocycles. The number of para-hydroxylation sites is 1. The number of urea groups is 2. The highest BCUT2D eigenvalue weighted by molar-refractivity contribution is 5.92. The van der Waals surface area contributed by atoms with Gasteiger partial charge in [-0.25, -0.2) is 9.59 Å². The maximum atomic E-state index is 13.2. The number of nitrogens with zero attached hydrogens (tertiary/aromatic N) is 3. The van der Waals surface area contributed by atoms with E-state index in [4.69, 9.17) is 0 Å². The van der Waals surface area contributed by atoms with Gasteiger partial charge in [0, 0.05) is 44.5 Å². The lowest BCUT2D eigenvalue weighted by molar-refractivity contribution is -0.133. The molecule has 2 saturated heterocycles. The van der Waals surface area contributed by atoms with Crippen LogP contribution in [-0.2, 0) is 17.9 Å². The van der Waals surface area contributed by atoms with Gasteiger partial charge in [0.25, 0.3) is 0 Å². The van der Waals surface area contributed by atoms with Gasteiger partial charge >= 0.3 is 12.1 Å². The van der Waals surface area contributed by atoms with Crippen molar-refractivity contribution >= 4 is 23.7 Å². The fourth-order valence-corrected chi connectivity index (χ4v) is 5.34. The van der Waals surface area contributed by atoms with Crippen LogP contribution in [0.2, 0.25) is 0 Å². The molecule has 0 radical (unpaired) electrons. The Morgan fingerprint density at radius 2 is 1.66 bits per heavy atom. The minimum atomic E-state index is -0.490. The maximum Gasteiger partial charge on any atom is 0.322 e. The molecule has 0 saturated carbocycles. The van der Waals surface area contributed by atoms with Crippen LogP contribution in [0, 0.1) is 0 Å². The Bertz CT molecular complexity index is 1070. The monoisotopic (exact) mass is 475 g/mol. The fraction of sp³-hybridized carbons (Fsp3) is 0.444. The van der Waals surface area contributed by atoms with E-state index in [-0.39, 0.29) is 24.0 Å². The van der Waals surface area contributed by atoms with Gasteiger partial charge in [0.05, 0.1) is 0 Å². The summed E-state index contributed by atoms with van der Waals surface area (Å²) < 4.78 is 0. The Morgan fingerprint density at radius 1 is 0.914 bits per heavy atom. The van der Waals surface area contributed by atoms with Gasteiger partial charge in [-0.1, -0.05) is 48.5 Å². The number of hydrogen-bond acceptors (Lipinski definition) is 3. The lowest BCUT2D eigenvalue weighted by Gasteiger charge is -2.40. The Labute approximate surface area is 206 Å². The number of piperidine rings is 1. The van der Waals surface area contributed by atoms with E-state index in [1.807, 2.05) is 64.4 Å². The summed E-state index contributed by atoms with van der Waals surface area (Å²) in [7, 11) is 0. The molecule has 2 N–H and O–H groups in total. The van der Waals surface area contributed by atoms with Crippen molar-refractivity contribution in [2.24, 2.45) is 0 Å². The van der Waals surface area contributed by atoms with Gasteiger partial charge in [-0.15, -0.1) is 0 Å². The number of carbonyl (C=O) groups is 3. The Kier molecular flexibility index (Phi) is 6.88. The first kappa shape index (κ1) is 23.2. The molecule has 8 nitrogen and oxygen atoms in total. The third-order valence-electron chi connectivity index (χ3n) is 7.35. The predicted octanol–water partition coefficient (Wildman–Crippen LogP) is 3.79. The van der Waals surface area contributed by atoms with Crippen LogP contribution in [0.1, 0.15) is 43.2 Å². The highest BCUT2D eigenvalue weighted by Gasteiger charge is 2.34. The number of amides is 5. The first-order chi connectivity index (χ1) is 17.1. The molecule has 8 heteroatoms. The summed E-state index contributed by atoms with van der Waals surface area (Å²) in [5.74, 6) is -0.00163. The van der Waals surface area contributed by atoms with E-state index in [0.717, 1.165) is 42.5 Å². The van der Waals surface area contributed by atoms with Crippen LogP contribution in [0.15, 0.2) is 54.6 Å². The third kappa shape index (κ3) is 5.26. The van der Waals surface area contributed by atoms with Crippen molar-refractivity contribution in [1.82, 2.24) is 20.0 Å². The highest BCUT2D eigenvalue weighted by Crippen LogP contribution is 2.27. The largest absolute Gasteiger partial charge is 0.337 e. The molecule has 2 aromatic rings. The molecule has 0 aliphatic carbocycles. The van der Waals surface area contributed by atoms with Crippen LogP contribution in [-0.4, -0.2) is 64.4 Å². The third-order valence-corrected chi connectivity index (χ3v) is 7.35. The lowest BCUT2D eigenvalue weighted by atomic mass is 10.0. The van der Waals surface area contributed by atoms with E-state index in [1.54, 1.807) is 4.90 Å². The zero-order chi connectivity index (χ0) is 24.2. The Morgan fingerprint density at radius 3 is 2.46 bits per heavy atom. The van der Waals surface area contributed by atoms with Crippen molar-refractivity contribution in [3.8, 4) is 0 Å². The minimum absolute atomic E-state index is 0.00163. The minimum Gasteiger partial charge on any atom is -0.337 e. The van der Waals surface area contributed by atoms with Crippen LogP contribution in [0.5, 0.6) is 0 Å². The SMILES string of the molecule is O=C(N[C@@H]1CCCCN(Cc2ccccc2)C1=O)N1CCC(N2Cc3ccccc3NC2=O)CC1. The smallest absolute Gasteiger partial charge is 0.322 e. The summed E-state index contributed by atoms with van der Waals surface area (Å²) in [6.07, 6.45) is 3.97. The second kappa shape index (κ2) is 10.4. The number of anilines is 1. The van der Waals surface area contributed by atoms with Gasteiger partial charge in [0.15, 0.2) is 0 Å². The van der Waals surface area contributed by atoms with Gasteiger partial charge in [-0.3, -0.25) is 4.79 Å². The number of hydrogen-bond donors (Lipinski definition) is 2. The molecule has 0 spiro atoms. The van der Waals surface area contributed by atoms with Crippen molar-refractivity contribution in [3.05, 3.63) is 65.7 Å². The van der Waals surface area contributed by atoms with E-state index in [2.05, 4.69) is 10.6 Å². The summed E-state index contributed by atoms with van der Waals surface area (Å²) in [5, 5.41) is 5.99. The van der Waals surface area contributed by atoms with Crippen molar-refractivity contribution in [1.29, 1.82) is 0 Å². The number of benzene rings is 2. The molecule has 5 amide bonds. The quantitative estimate of drug-likeness (QED) is 0.706. The topological polar surface area (TPSA) is 85.0 Å². The summed E-state index contributed by atoms with van der Waals surface area (Å²) in [4.78, 5) is 44.4. The fourth-order valence-electron chi connectivity index (χ4n) is 5.34. The summed E-state index contributed by atoms with van der Waals surface area (Å²) in [6.45, 7) is 3.00. The molecule has 1 atom stereocenters. The van der Waals surface area contributed by atoms with Crippen LogP contribution < -0.4 is 10.6 Å². The molecular weight excluding hydrogens is 442 g/mol. The summed E-state index contributed by atoms with van der Waals surface area (Å²) >= 11 is 0. The zero-order valence-corrected chi connectivity index (χ0v) is 20.0. The second-order valence-corrected chi connectivity index (χ2v) is 9.68. The number of nitrogens with one attached hydrogen (secondary N) is 2. The van der Waals surface area contributed by atoms with Gasteiger partial charge in [0.2, 0.25) is 5.91 Å². The molecule has 0 aromatic heterocycles. The maximum absolute atomic E-state index is 13.2. The van der Waals surface area contributed by atoms with Crippen LogP contribution in [0.3, 0.4) is 0 Å². The van der Waals surface area contributed by atoms with E-state index in [0.29, 0.717) is 39.1 Å².